The Kier molecular flexibility index (Phi) is 7.60. The molecule has 23 heavy (non-hydrogen) atoms. The van der Waals surface area contributed by atoms with Gasteiger partial charge in [-0.15, -0.1) is 5.38 Å². The van der Waals surface area contributed by atoms with E-state index in [-0.39, 0.29) is 21.1 Å². The van der Waals surface area contributed by atoms with Crippen molar-refractivity contribution < 1.29 is 21.1 Å². The molecule has 0 radical (unpaired) electrons. The van der Waals surface area contributed by atoms with Crippen LogP contribution < -0.4 is 0 Å². The van der Waals surface area contributed by atoms with E-state index in [4.69, 9.17) is 0 Å². The quantitative estimate of drug-likeness (QED) is 0.438. The van der Waals surface area contributed by atoms with Gasteiger partial charge in [-0.05, 0) is 29.1 Å². The fraction of sp³-hybridized carbons (Fsp3) is 0.0556. The third-order valence-electron chi connectivity index (χ3n) is 2.93. The van der Waals surface area contributed by atoms with Gasteiger partial charge in [0.1, 0.15) is 0 Å². The average Bonchev–Trinajstić information content (AvgIpc) is 3.31. The number of allylic oxidation sites excluding steroid dienone is 1. The molecule has 0 spiro atoms. The second-order valence-electron chi connectivity index (χ2n) is 4.44. The summed E-state index contributed by atoms with van der Waals surface area (Å²) in [4.78, 5) is 9.57. The van der Waals surface area contributed by atoms with E-state index in [0.29, 0.717) is 5.25 Å². The van der Waals surface area contributed by atoms with Crippen molar-refractivity contribution >= 4 is 23.1 Å². The van der Waals surface area contributed by atoms with Crippen molar-refractivity contribution in [3.05, 3.63) is 89.9 Å². The molecule has 3 aromatic rings. The van der Waals surface area contributed by atoms with Gasteiger partial charge in [-0.25, -0.2) is 35.6 Å². The normalized spacial score (nSPS) is 15.0. The smallest absolute Gasteiger partial charge is 0.319 e. The Labute approximate surface area is 159 Å². The van der Waals surface area contributed by atoms with Crippen molar-refractivity contribution in [2.24, 2.45) is 0 Å². The standard InChI is InChI=1S/C9H8NS.C9H6NS.Pt/c2*1-2-6-10-8(4-1)9-5-3-7-11-9;/h1-7,9H;1-4,6-7H;/q2*-1;+2. The molecule has 0 saturated heterocycles. The summed E-state index contributed by atoms with van der Waals surface area (Å²) in [6, 6.07) is 16.9. The second kappa shape index (κ2) is 9.71. The van der Waals surface area contributed by atoms with Gasteiger partial charge in [-0.1, -0.05) is 23.1 Å². The van der Waals surface area contributed by atoms with E-state index < -0.39 is 0 Å². The zero-order chi connectivity index (χ0) is 15.0. The van der Waals surface area contributed by atoms with Crippen LogP contribution in [0.25, 0.3) is 10.6 Å². The summed E-state index contributed by atoms with van der Waals surface area (Å²) in [6.07, 6.45) is 7.86. The Morgan fingerprint density at radius 1 is 1.04 bits per heavy atom. The van der Waals surface area contributed by atoms with E-state index >= 15 is 0 Å². The molecule has 0 aromatic carbocycles. The van der Waals surface area contributed by atoms with Crippen molar-refractivity contribution in [3.8, 4) is 10.6 Å². The Morgan fingerprint density at radius 3 is 2.43 bits per heavy atom. The second-order valence-corrected chi connectivity index (χ2v) is 6.41. The minimum Gasteiger partial charge on any atom is -0.319 e. The zero-order valence-corrected chi connectivity index (χ0v) is 16.0. The third kappa shape index (κ3) is 5.35. The van der Waals surface area contributed by atoms with Crippen molar-refractivity contribution in [2.75, 3.05) is 0 Å². The summed E-state index contributed by atoms with van der Waals surface area (Å²) in [5.74, 6) is 0. The molecule has 2 nitrogen and oxygen atoms in total. The van der Waals surface area contributed by atoms with Crippen LogP contribution in [0.2, 0.25) is 0 Å². The predicted molar refractivity (Wildman–Crippen MR) is 94.4 cm³/mol. The van der Waals surface area contributed by atoms with Crippen LogP contribution in [0.1, 0.15) is 10.9 Å². The van der Waals surface area contributed by atoms with Crippen LogP contribution in [-0.2, 0) is 21.1 Å². The molecule has 4 heterocycles. The van der Waals surface area contributed by atoms with Gasteiger partial charge in [0, 0.05) is 18.1 Å². The van der Waals surface area contributed by atoms with Gasteiger partial charge < -0.3 is 4.98 Å². The van der Waals surface area contributed by atoms with Crippen LogP contribution >= 0.6 is 23.1 Å². The number of pyridine rings is 2. The van der Waals surface area contributed by atoms with E-state index in [1.807, 2.05) is 48.0 Å². The summed E-state index contributed by atoms with van der Waals surface area (Å²) in [6.45, 7) is 0. The predicted octanol–water partition coefficient (Wildman–Crippen LogP) is 5.20. The Balaban J connectivity index is 0.000000160. The van der Waals surface area contributed by atoms with Gasteiger partial charge >= 0.3 is 21.1 Å². The van der Waals surface area contributed by atoms with E-state index in [0.717, 1.165) is 16.3 Å². The molecule has 0 bridgehead atoms. The number of hydrogen-bond donors (Lipinski definition) is 0. The van der Waals surface area contributed by atoms with E-state index in [1.165, 1.54) is 0 Å². The molecule has 0 N–H and O–H groups in total. The molecular weight excluding hydrogens is 503 g/mol. The molecule has 3 aromatic heterocycles. The maximum Gasteiger partial charge on any atom is 2.00 e. The fourth-order valence-electron chi connectivity index (χ4n) is 1.91. The van der Waals surface area contributed by atoms with Crippen molar-refractivity contribution in [1.82, 2.24) is 9.97 Å². The number of hydrogen-bond acceptors (Lipinski definition) is 4. The summed E-state index contributed by atoms with van der Waals surface area (Å²) in [5, 5.41) is 4.54. The molecule has 0 amide bonds. The van der Waals surface area contributed by atoms with Crippen LogP contribution in [0.4, 0.5) is 0 Å². The molecule has 118 valence electrons. The van der Waals surface area contributed by atoms with Gasteiger partial charge in [-0.2, -0.15) is 17.5 Å². The summed E-state index contributed by atoms with van der Waals surface area (Å²) < 4.78 is 0. The van der Waals surface area contributed by atoms with E-state index in [2.05, 4.69) is 40.0 Å². The molecule has 1 unspecified atom stereocenters. The van der Waals surface area contributed by atoms with E-state index in [9.17, 15) is 0 Å². The molecule has 4 rings (SSSR count). The van der Waals surface area contributed by atoms with Gasteiger partial charge in [0.2, 0.25) is 0 Å². The maximum absolute atomic E-state index is 4.27. The number of rotatable bonds is 2. The number of nitrogens with zero attached hydrogens (tertiary/aromatic N) is 2. The molecule has 0 aliphatic carbocycles. The van der Waals surface area contributed by atoms with Crippen molar-refractivity contribution in [2.45, 2.75) is 5.25 Å². The molecule has 1 aliphatic heterocycles. The SMILES string of the molecule is C1=CSC(c2ccccn2)[CH-]1.[Pt+2].[c-]1ccsc1-c1ccccn1. The maximum atomic E-state index is 4.27. The topological polar surface area (TPSA) is 25.8 Å². The van der Waals surface area contributed by atoms with E-state index in [1.54, 1.807) is 29.3 Å². The number of thiophene rings is 1. The Morgan fingerprint density at radius 2 is 1.87 bits per heavy atom. The van der Waals surface area contributed by atoms with Crippen LogP contribution in [0, 0.1) is 12.5 Å². The Hall–Kier alpha value is -1.35. The minimum absolute atomic E-state index is 0. The van der Waals surface area contributed by atoms with Gasteiger partial charge in [0.15, 0.2) is 0 Å². The molecule has 0 fully saturated rings. The number of thioether (sulfide) groups is 1. The van der Waals surface area contributed by atoms with Crippen molar-refractivity contribution in [3.63, 3.8) is 0 Å². The fourth-order valence-corrected chi connectivity index (χ4v) is 3.37. The first-order valence-corrected chi connectivity index (χ1v) is 8.69. The minimum atomic E-state index is 0. The first-order valence-electron chi connectivity index (χ1n) is 6.86. The third-order valence-corrected chi connectivity index (χ3v) is 4.78. The van der Waals surface area contributed by atoms with Gasteiger partial charge in [0.25, 0.3) is 0 Å². The monoisotopic (exact) mass is 517 g/mol. The molecule has 1 atom stereocenters. The van der Waals surface area contributed by atoms with Crippen molar-refractivity contribution in [1.29, 1.82) is 0 Å². The number of aromatic nitrogens is 2. The average molecular weight is 518 g/mol. The van der Waals surface area contributed by atoms with Crippen LogP contribution in [0.5, 0.6) is 0 Å². The van der Waals surface area contributed by atoms with Crippen LogP contribution in [0.3, 0.4) is 0 Å². The van der Waals surface area contributed by atoms with Gasteiger partial charge in [0.05, 0.1) is 0 Å². The van der Waals surface area contributed by atoms with Crippen LogP contribution in [-0.4, -0.2) is 9.97 Å². The first kappa shape index (κ1) is 18.0. The van der Waals surface area contributed by atoms with Gasteiger partial charge in [-0.3, -0.25) is 4.98 Å². The van der Waals surface area contributed by atoms with Crippen LogP contribution in [0.15, 0.2) is 71.7 Å². The first-order chi connectivity index (χ1) is 10.9. The largest absolute Gasteiger partial charge is 2.00 e. The molecule has 1 aliphatic rings. The molecule has 5 heteroatoms. The summed E-state index contributed by atoms with van der Waals surface area (Å²) in [7, 11) is 0. The molecule has 0 saturated carbocycles. The zero-order valence-electron chi connectivity index (χ0n) is 12.1. The summed E-state index contributed by atoms with van der Waals surface area (Å²) >= 11 is 3.45. The Bertz CT molecular complexity index is 692. The summed E-state index contributed by atoms with van der Waals surface area (Å²) in [5.41, 5.74) is 2.14. The molecular formula is C18H14N2PtS2.